The first-order valence-electron chi connectivity index (χ1n) is 8.05. The van der Waals surface area contributed by atoms with Gasteiger partial charge in [-0.25, -0.2) is 4.79 Å². The molecule has 1 aromatic carbocycles. The van der Waals surface area contributed by atoms with Crippen molar-refractivity contribution in [1.82, 2.24) is 10.2 Å². The van der Waals surface area contributed by atoms with Crippen LogP contribution >= 0.6 is 0 Å². The van der Waals surface area contributed by atoms with Crippen molar-refractivity contribution in [3.8, 4) is 0 Å². The monoisotopic (exact) mass is 332 g/mol. The van der Waals surface area contributed by atoms with E-state index in [0.717, 1.165) is 12.8 Å². The molecular weight excluding hydrogens is 308 g/mol. The van der Waals surface area contributed by atoms with Crippen molar-refractivity contribution in [1.29, 1.82) is 0 Å². The number of rotatable bonds is 6. The molecule has 2 rings (SSSR count). The van der Waals surface area contributed by atoms with Crippen molar-refractivity contribution < 1.29 is 14.4 Å². The summed E-state index contributed by atoms with van der Waals surface area (Å²) in [5.41, 5.74) is 1.34. The summed E-state index contributed by atoms with van der Waals surface area (Å²) >= 11 is 0. The molecule has 130 valence electrons. The normalized spacial score (nSPS) is 14.5. The predicted molar refractivity (Wildman–Crippen MR) is 92.7 cm³/mol. The molecule has 0 saturated heterocycles. The summed E-state index contributed by atoms with van der Waals surface area (Å²) < 4.78 is 0. The maximum absolute atomic E-state index is 12.1. The molecule has 1 aromatic rings. The van der Waals surface area contributed by atoms with Gasteiger partial charge in [-0.05, 0) is 37.1 Å². The van der Waals surface area contributed by atoms with Crippen LogP contribution in [0.5, 0.6) is 0 Å². The van der Waals surface area contributed by atoms with E-state index in [1.54, 1.807) is 45.3 Å². The maximum Gasteiger partial charge on any atom is 0.321 e. The summed E-state index contributed by atoms with van der Waals surface area (Å²) in [6.45, 7) is 2.08. The molecule has 1 atom stereocenters. The second-order valence-corrected chi connectivity index (χ2v) is 6.17. The number of anilines is 2. The molecule has 7 heteroatoms. The standard InChI is InChI=1S/C17H24N4O3/c1-11(15(22)18-2)10-21(3)17(24)20-14-8-6-13(7-9-14)19-16(23)12-4-5-12/h6-9,11-12H,4-5,10H2,1-3H3,(H,18,22)(H,19,23)(H,20,24)/t11-/m0/s1. The van der Waals surface area contributed by atoms with Gasteiger partial charge in [-0.1, -0.05) is 6.92 Å². The van der Waals surface area contributed by atoms with Crippen LogP contribution in [0.1, 0.15) is 19.8 Å². The zero-order chi connectivity index (χ0) is 17.7. The highest BCUT2D eigenvalue weighted by molar-refractivity contribution is 5.94. The number of hydrogen-bond acceptors (Lipinski definition) is 3. The Hall–Kier alpha value is -2.57. The molecular formula is C17H24N4O3. The molecule has 0 unspecified atom stereocenters. The van der Waals surface area contributed by atoms with E-state index in [-0.39, 0.29) is 29.7 Å². The van der Waals surface area contributed by atoms with E-state index in [0.29, 0.717) is 17.9 Å². The lowest BCUT2D eigenvalue weighted by Gasteiger charge is -2.21. The van der Waals surface area contributed by atoms with Crippen LogP contribution in [0.4, 0.5) is 16.2 Å². The first-order valence-corrected chi connectivity index (χ1v) is 8.05. The highest BCUT2D eigenvalue weighted by Crippen LogP contribution is 2.30. The molecule has 0 aliphatic heterocycles. The van der Waals surface area contributed by atoms with Crippen LogP contribution in [-0.4, -0.2) is 43.4 Å². The topological polar surface area (TPSA) is 90.5 Å². The van der Waals surface area contributed by atoms with Crippen molar-refractivity contribution in [2.75, 3.05) is 31.3 Å². The van der Waals surface area contributed by atoms with Gasteiger partial charge >= 0.3 is 6.03 Å². The van der Waals surface area contributed by atoms with Crippen molar-refractivity contribution in [2.45, 2.75) is 19.8 Å². The zero-order valence-corrected chi connectivity index (χ0v) is 14.3. The Kier molecular flexibility index (Phi) is 5.78. The second kappa shape index (κ2) is 7.81. The highest BCUT2D eigenvalue weighted by Gasteiger charge is 2.29. The fourth-order valence-corrected chi connectivity index (χ4v) is 2.27. The Morgan fingerprint density at radius 1 is 1.12 bits per heavy atom. The maximum atomic E-state index is 12.1. The van der Waals surface area contributed by atoms with Gasteiger partial charge in [0.15, 0.2) is 0 Å². The molecule has 4 amide bonds. The third-order valence-corrected chi connectivity index (χ3v) is 3.94. The summed E-state index contributed by atoms with van der Waals surface area (Å²) in [6, 6.07) is 6.68. The second-order valence-electron chi connectivity index (χ2n) is 6.17. The summed E-state index contributed by atoms with van der Waals surface area (Å²) in [5, 5.41) is 8.17. The number of nitrogens with one attached hydrogen (secondary N) is 3. The predicted octanol–water partition coefficient (Wildman–Crippen LogP) is 1.88. The third-order valence-electron chi connectivity index (χ3n) is 3.94. The van der Waals surface area contributed by atoms with Gasteiger partial charge in [-0.2, -0.15) is 0 Å². The number of urea groups is 1. The van der Waals surface area contributed by atoms with Crippen molar-refractivity contribution in [3.63, 3.8) is 0 Å². The van der Waals surface area contributed by atoms with E-state index < -0.39 is 0 Å². The Bertz CT molecular complexity index is 611. The molecule has 0 aromatic heterocycles. The minimum Gasteiger partial charge on any atom is -0.359 e. The van der Waals surface area contributed by atoms with Gasteiger partial charge in [-0.15, -0.1) is 0 Å². The number of carbonyl (C=O) groups is 3. The fraction of sp³-hybridized carbons (Fsp3) is 0.471. The number of carbonyl (C=O) groups excluding carboxylic acids is 3. The van der Waals surface area contributed by atoms with Gasteiger partial charge < -0.3 is 20.9 Å². The SMILES string of the molecule is CNC(=O)[C@@H](C)CN(C)C(=O)Nc1ccc(NC(=O)C2CC2)cc1. The Balaban J connectivity index is 1.84. The lowest BCUT2D eigenvalue weighted by atomic mass is 10.1. The number of nitrogens with zero attached hydrogens (tertiary/aromatic N) is 1. The van der Waals surface area contributed by atoms with E-state index in [9.17, 15) is 14.4 Å². The van der Waals surface area contributed by atoms with E-state index in [2.05, 4.69) is 16.0 Å². The molecule has 1 aliphatic carbocycles. The Morgan fingerprint density at radius 2 is 1.67 bits per heavy atom. The van der Waals surface area contributed by atoms with E-state index in [1.165, 1.54) is 4.90 Å². The van der Waals surface area contributed by atoms with Crippen LogP contribution in [0.25, 0.3) is 0 Å². The lowest BCUT2D eigenvalue weighted by Crippen LogP contribution is -2.39. The molecule has 3 N–H and O–H groups in total. The van der Waals surface area contributed by atoms with Crippen molar-refractivity contribution in [2.24, 2.45) is 11.8 Å². The van der Waals surface area contributed by atoms with Gasteiger partial charge in [0.05, 0.1) is 5.92 Å². The quantitative estimate of drug-likeness (QED) is 0.743. The molecule has 0 bridgehead atoms. The molecule has 1 aliphatic rings. The molecule has 24 heavy (non-hydrogen) atoms. The summed E-state index contributed by atoms with van der Waals surface area (Å²) in [6.07, 6.45) is 1.92. The first-order chi connectivity index (χ1) is 11.4. The molecule has 0 radical (unpaired) electrons. The lowest BCUT2D eigenvalue weighted by molar-refractivity contribution is -0.124. The van der Waals surface area contributed by atoms with Crippen LogP contribution in [0.3, 0.4) is 0 Å². The first kappa shape index (κ1) is 17.8. The van der Waals surface area contributed by atoms with Crippen LogP contribution in [-0.2, 0) is 9.59 Å². The van der Waals surface area contributed by atoms with Gasteiger partial charge in [0.1, 0.15) is 0 Å². The highest BCUT2D eigenvalue weighted by atomic mass is 16.2. The number of benzene rings is 1. The van der Waals surface area contributed by atoms with Crippen molar-refractivity contribution in [3.05, 3.63) is 24.3 Å². The van der Waals surface area contributed by atoms with Crippen LogP contribution in [0.15, 0.2) is 24.3 Å². The summed E-state index contributed by atoms with van der Waals surface area (Å²) in [5.74, 6) is -0.189. The van der Waals surface area contributed by atoms with Crippen molar-refractivity contribution >= 4 is 29.2 Å². The fourth-order valence-electron chi connectivity index (χ4n) is 2.27. The Morgan fingerprint density at radius 3 is 2.17 bits per heavy atom. The largest absolute Gasteiger partial charge is 0.359 e. The average molecular weight is 332 g/mol. The summed E-state index contributed by atoms with van der Waals surface area (Å²) in [4.78, 5) is 36.8. The van der Waals surface area contributed by atoms with Gasteiger partial charge in [-0.3, -0.25) is 9.59 Å². The molecule has 1 fully saturated rings. The minimum absolute atomic E-state index is 0.0507. The van der Waals surface area contributed by atoms with Crippen LogP contribution in [0.2, 0.25) is 0 Å². The summed E-state index contributed by atoms with van der Waals surface area (Å²) in [7, 11) is 3.21. The smallest absolute Gasteiger partial charge is 0.321 e. The molecule has 7 nitrogen and oxygen atoms in total. The van der Waals surface area contributed by atoms with Gasteiger partial charge in [0, 0.05) is 37.9 Å². The third kappa shape index (κ3) is 4.97. The van der Waals surface area contributed by atoms with Crippen LogP contribution < -0.4 is 16.0 Å². The zero-order valence-electron chi connectivity index (χ0n) is 14.3. The molecule has 0 spiro atoms. The number of hydrogen-bond donors (Lipinski definition) is 3. The molecule has 0 heterocycles. The Labute approximate surface area is 141 Å². The molecule has 1 saturated carbocycles. The average Bonchev–Trinajstić information content (AvgIpc) is 3.40. The van der Waals surface area contributed by atoms with Gasteiger partial charge in [0.25, 0.3) is 0 Å². The van der Waals surface area contributed by atoms with Gasteiger partial charge in [0.2, 0.25) is 11.8 Å². The minimum atomic E-state index is -0.291. The van der Waals surface area contributed by atoms with E-state index >= 15 is 0 Å². The van der Waals surface area contributed by atoms with E-state index in [1.807, 2.05) is 0 Å². The van der Waals surface area contributed by atoms with E-state index in [4.69, 9.17) is 0 Å². The number of amides is 4. The van der Waals surface area contributed by atoms with Crippen LogP contribution in [0, 0.1) is 11.8 Å².